The zero-order valence-corrected chi connectivity index (χ0v) is 28.4. The lowest BCUT2D eigenvalue weighted by molar-refractivity contribution is -0.389. The number of hydrogen-bond acceptors (Lipinski definition) is 14. The van der Waals surface area contributed by atoms with Crippen molar-refractivity contribution < 1.29 is 44.5 Å². The molecule has 10 N–H and O–H groups in total. The Labute approximate surface area is 278 Å². The van der Waals surface area contributed by atoms with Crippen LogP contribution in [0.3, 0.4) is 0 Å². The average Bonchev–Trinajstić information content (AvgIpc) is 2.93. The van der Waals surface area contributed by atoms with Crippen LogP contribution in [0.4, 0.5) is 0 Å². The molecular weight excluding hydrogens is 610 g/mol. The van der Waals surface area contributed by atoms with Gasteiger partial charge in [-0.15, -0.1) is 0 Å². The Morgan fingerprint density at radius 2 is 1.32 bits per heavy atom. The van der Waals surface area contributed by atoms with Gasteiger partial charge in [-0.25, -0.2) is 0 Å². The van der Waals surface area contributed by atoms with Gasteiger partial charge in [-0.2, -0.15) is 0 Å². The molecule has 0 amide bonds. The summed E-state index contributed by atoms with van der Waals surface area (Å²) >= 11 is 0. The number of nitrogens with one attached hydrogen (secondary N) is 5. The SMILES string of the molecule is C=C(C)NC[C@@H]1O[C@H](O[C@@]2(O)CC(NC(=C)C)C[C@@H](NC(=C)C)C2O[C@H]2O[C@@H](CO)[C@@H](O)C(NC(=C)C)C2O)C(NC(=C)C)C[C@@H]1O. The van der Waals surface area contributed by atoms with Crippen LogP contribution in [0.15, 0.2) is 61.4 Å². The lowest BCUT2D eigenvalue weighted by Gasteiger charge is -2.52. The highest BCUT2D eigenvalue weighted by molar-refractivity contribution is 5.08. The molecule has 0 spiro atoms. The van der Waals surface area contributed by atoms with Crippen LogP contribution in [0.2, 0.25) is 0 Å². The minimum atomic E-state index is -2.10. The highest BCUT2D eigenvalue weighted by Crippen LogP contribution is 2.39. The van der Waals surface area contributed by atoms with Gasteiger partial charge in [-0.05, 0) is 41.0 Å². The molecule has 14 heteroatoms. The standard InChI is InChI=1S/C33H57N5O9/c1-16(2)34-14-25-24(40)12-23(37-19(7)8)31(44-25)47-33(43)13-21(35-17(3)4)11-22(36-18(5)6)30(33)46-32-29(42)27(38-20(9)10)28(41)26(15-39)45-32/h21-32,34-43H,1,3,5,7,9,11-15H2,2,4,6,8,10H3/t21?,22-,23?,24+,25+,26+,27?,28-,29?,30?,31-,32-,33+/m1/s1. The Balaban J connectivity index is 2.04. The lowest BCUT2D eigenvalue weighted by Crippen LogP contribution is -2.70. The maximum atomic E-state index is 12.6. The van der Waals surface area contributed by atoms with Crippen molar-refractivity contribution in [1.29, 1.82) is 0 Å². The molecule has 1 saturated carbocycles. The van der Waals surface area contributed by atoms with Gasteiger partial charge in [0, 0.05) is 53.9 Å². The third-order valence-corrected chi connectivity index (χ3v) is 8.27. The summed E-state index contributed by atoms with van der Waals surface area (Å²) in [5, 5.41) is 71.6. The Morgan fingerprint density at radius 1 is 0.745 bits per heavy atom. The zero-order valence-electron chi connectivity index (χ0n) is 28.4. The first-order valence-corrected chi connectivity index (χ1v) is 16.0. The predicted octanol–water partition coefficient (Wildman–Crippen LogP) is -0.124. The zero-order chi connectivity index (χ0) is 35.2. The Kier molecular flexibility index (Phi) is 13.7. The van der Waals surface area contributed by atoms with Crippen molar-refractivity contribution >= 4 is 0 Å². The van der Waals surface area contributed by atoms with E-state index < -0.39 is 79.7 Å². The summed E-state index contributed by atoms with van der Waals surface area (Å²) in [6, 6.07) is -2.60. The molecule has 0 aromatic heterocycles. The quantitative estimate of drug-likeness (QED) is 0.0978. The molecule has 14 nitrogen and oxygen atoms in total. The monoisotopic (exact) mass is 667 g/mol. The fraction of sp³-hybridized carbons (Fsp3) is 0.697. The van der Waals surface area contributed by atoms with E-state index in [2.05, 4.69) is 59.5 Å². The number of aliphatic hydroxyl groups is 5. The fourth-order valence-corrected chi connectivity index (χ4v) is 6.42. The van der Waals surface area contributed by atoms with Crippen molar-refractivity contribution in [2.75, 3.05) is 13.2 Å². The van der Waals surface area contributed by atoms with Crippen LogP contribution in [0.25, 0.3) is 0 Å². The predicted molar refractivity (Wildman–Crippen MR) is 177 cm³/mol. The summed E-state index contributed by atoms with van der Waals surface area (Å²) < 4.78 is 25.1. The van der Waals surface area contributed by atoms with E-state index >= 15 is 0 Å². The van der Waals surface area contributed by atoms with E-state index in [4.69, 9.17) is 18.9 Å². The topological polar surface area (TPSA) is 198 Å². The van der Waals surface area contributed by atoms with Crippen LogP contribution < -0.4 is 26.6 Å². The first-order valence-electron chi connectivity index (χ1n) is 16.0. The summed E-state index contributed by atoms with van der Waals surface area (Å²) in [5.74, 6) is -2.10. The van der Waals surface area contributed by atoms with Gasteiger partial charge in [-0.1, -0.05) is 32.9 Å². The molecule has 3 rings (SSSR count). The highest BCUT2D eigenvalue weighted by atomic mass is 16.8. The molecule has 2 aliphatic heterocycles. The molecule has 2 saturated heterocycles. The van der Waals surface area contributed by atoms with Crippen molar-refractivity contribution in [2.24, 2.45) is 0 Å². The smallest absolute Gasteiger partial charge is 0.199 e. The van der Waals surface area contributed by atoms with Gasteiger partial charge in [0.05, 0.1) is 30.8 Å². The second kappa shape index (κ2) is 16.6. The van der Waals surface area contributed by atoms with E-state index in [-0.39, 0.29) is 25.4 Å². The van der Waals surface area contributed by atoms with E-state index in [0.29, 0.717) is 34.9 Å². The van der Waals surface area contributed by atoms with E-state index in [1.807, 2.05) is 6.92 Å². The molecule has 0 bridgehead atoms. The third-order valence-electron chi connectivity index (χ3n) is 8.27. The summed E-state index contributed by atoms with van der Waals surface area (Å²) in [6.07, 6.45) is -8.51. The first kappa shape index (κ1) is 38.8. The second-order valence-corrected chi connectivity index (χ2v) is 13.3. The van der Waals surface area contributed by atoms with Gasteiger partial charge in [0.15, 0.2) is 18.4 Å². The molecular formula is C33H57N5O9. The average molecular weight is 668 g/mol. The fourth-order valence-electron chi connectivity index (χ4n) is 6.42. The Bertz CT molecular complexity index is 1140. The molecule has 3 aliphatic rings. The molecule has 0 radical (unpaired) electrons. The Hall–Kier alpha value is -2.66. The van der Waals surface area contributed by atoms with Crippen LogP contribution >= 0.6 is 0 Å². The molecule has 3 fully saturated rings. The van der Waals surface area contributed by atoms with Gasteiger partial charge >= 0.3 is 0 Å². The first-order chi connectivity index (χ1) is 21.9. The van der Waals surface area contributed by atoms with E-state index in [9.17, 15) is 25.5 Å². The third kappa shape index (κ3) is 10.4. The highest BCUT2D eigenvalue weighted by Gasteiger charge is 2.56. The van der Waals surface area contributed by atoms with Gasteiger partial charge in [0.25, 0.3) is 0 Å². The summed E-state index contributed by atoms with van der Waals surface area (Å²) in [5.41, 5.74) is 3.03. The minimum absolute atomic E-state index is 0.00189. The Morgan fingerprint density at radius 3 is 1.87 bits per heavy atom. The van der Waals surface area contributed by atoms with Crippen molar-refractivity contribution in [3.8, 4) is 0 Å². The summed E-state index contributed by atoms with van der Waals surface area (Å²) in [6.45, 7) is 28.1. The second-order valence-electron chi connectivity index (χ2n) is 13.3. The van der Waals surface area contributed by atoms with Gasteiger partial charge in [0.2, 0.25) is 0 Å². The molecule has 0 aromatic carbocycles. The van der Waals surface area contributed by atoms with Crippen molar-refractivity contribution in [2.45, 2.75) is 133 Å². The molecule has 13 atom stereocenters. The van der Waals surface area contributed by atoms with Crippen LogP contribution in [-0.2, 0) is 18.9 Å². The van der Waals surface area contributed by atoms with Crippen molar-refractivity contribution in [3.05, 3.63) is 61.4 Å². The molecule has 2 heterocycles. The summed E-state index contributed by atoms with van der Waals surface area (Å²) in [7, 11) is 0. The molecule has 47 heavy (non-hydrogen) atoms. The lowest BCUT2D eigenvalue weighted by atomic mass is 9.82. The van der Waals surface area contributed by atoms with E-state index in [1.165, 1.54) is 0 Å². The number of rotatable bonds is 16. The maximum Gasteiger partial charge on any atom is 0.199 e. The number of allylic oxidation sites excluding steroid dienone is 5. The van der Waals surface area contributed by atoms with Crippen molar-refractivity contribution in [1.82, 2.24) is 26.6 Å². The van der Waals surface area contributed by atoms with Gasteiger partial charge < -0.3 is 71.1 Å². The molecule has 0 aromatic rings. The van der Waals surface area contributed by atoms with Crippen LogP contribution in [-0.4, -0.2) is 118 Å². The molecule has 5 unspecified atom stereocenters. The minimum Gasteiger partial charge on any atom is -0.394 e. The van der Waals surface area contributed by atoms with Gasteiger partial charge in [0.1, 0.15) is 30.5 Å². The van der Waals surface area contributed by atoms with Gasteiger partial charge in [-0.3, -0.25) is 0 Å². The normalized spacial score (nSPS) is 38.9. The largest absolute Gasteiger partial charge is 0.394 e. The maximum absolute atomic E-state index is 12.6. The number of ether oxygens (including phenoxy) is 4. The van der Waals surface area contributed by atoms with Crippen LogP contribution in [0.1, 0.15) is 53.9 Å². The number of aliphatic hydroxyl groups excluding tert-OH is 4. The number of hydrogen-bond donors (Lipinski definition) is 10. The van der Waals surface area contributed by atoms with E-state index in [1.54, 1.807) is 27.7 Å². The summed E-state index contributed by atoms with van der Waals surface area (Å²) in [4.78, 5) is 0. The van der Waals surface area contributed by atoms with E-state index in [0.717, 1.165) is 0 Å². The van der Waals surface area contributed by atoms with Crippen LogP contribution in [0, 0.1) is 0 Å². The van der Waals surface area contributed by atoms with Crippen LogP contribution in [0.5, 0.6) is 0 Å². The van der Waals surface area contributed by atoms with Crippen molar-refractivity contribution in [3.63, 3.8) is 0 Å². The molecule has 268 valence electrons. The molecule has 1 aliphatic carbocycles.